The molecule has 0 amide bonds. The van der Waals surface area contributed by atoms with E-state index in [-0.39, 0.29) is 0 Å². The highest BCUT2D eigenvalue weighted by Crippen LogP contribution is 2.12. The molecule has 14 heavy (non-hydrogen) atoms. The van der Waals surface area contributed by atoms with Gasteiger partial charge in [-0.3, -0.25) is 0 Å². The van der Waals surface area contributed by atoms with Gasteiger partial charge in [-0.25, -0.2) is 0 Å². The smallest absolute Gasteiger partial charge is 0.000756 e. The third kappa shape index (κ3) is 5.23. The topological polar surface area (TPSA) is 15.3 Å². The SMILES string of the molecule is CSCCCN(C)CC1CCNCC1. The van der Waals surface area contributed by atoms with E-state index in [9.17, 15) is 0 Å². The van der Waals surface area contributed by atoms with E-state index < -0.39 is 0 Å². The van der Waals surface area contributed by atoms with Crippen molar-refractivity contribution in [2.45, 2.75) is 19.3 Å². The summed E-state index contributed by atoms with van der Waals surface area (Å²) in [6.45, 7) is 5.02. The van der Waals surface area contributed by atoms with Crippen molar-refractivity contribution in [3.63, 3.8) is 0 Å². The van der Waals surface area contributed by atoms with Crippen LogP contribution >= 0.6 is 11.8 Å². The quantitative estimate of drug-likeness (QED) is 0.680. The van der Waals surface area contributed by atoms with Crippen molar-refractivity contribution in [1.82, 2.24) is 10.2 Å². The van der Waals surface area contributed by atoms with Crippen LogP contribution in [0.5, 0.6) is 0 Å². The van der Waals surface area contributed by atoms with Gasteiger partial charge in [0.05, 0.1) is 0 Å². The first-order valence-electron chi connectivity index (χ1n) is 5.71. The second-order valence-electron chi connectivity index (χ2n) is 4.30. The summed E-state index contributed by atoms with van der Waals surface area (Å²) in [6, 6.07) is 0. The molecular formula is C11H24N2S. The average Bonchev–Trinajstić information content (AvgIpc) is 2.20. The van der Waals surface area contributed by atoms with Crippen molar-refractivity contribution in [3.8, 4) is 0 Å². The lowest BCUT2D eigenvalue weighted by atomic mass is 9.98. The molecule has 2 nitrogen and oxygen atoms in total. The first kappa shape index (κ1) is 12.3. The first-order valence-corrected chi connectivity index (χ1v) is 7.10. The van der Waals surface area contributed by atoms with Gasteiger partial charge in [0.1, 0.15) is 0 Å². The monoisotopic (exact) mass is 216 g/mol. The third-order valence-electron chi connectivity index (χ3n) is 2.92. The lowest BCUT2D eigenvalue weighted by Crippen LogP contribution is -2.35. The lowest BCUT2D eigenvalue weighted by molar-refractivity contribution is 0.241. The Bertz CT molecular complexity index is 135. The Balaban J connectivity index is 2.03. The minimum Gasteiger partial charge on any atom is -0.317 e. The predicted molar refractivity (Wildman–Crippen MR) is 66.1 cm³/mol. The molecule has 0 spiro atoms. The fourth-order valence-electron chi connectivity index (χ4n) is 2.08. The molecule has 84 valence electrons. The van der Waals surface area contributed by atoms with Gasteiger partial charge < -0.3 is 10.2 Å². The number of piperidine rings is 1. The van der Waals surface area contributed by atoms with Gasteiger partial charge >= 0.3 is 0 Å². The van der Waals surface area contributed by atoms with E-state index in [1.165, 1.54) is 51.2 Å². The van der Waals surface area contributed by atoms with E-state index >= 15 is 0 Å². The van der Waals surface area contributed by atoms with Gasteiger partial charge in [-0.1, -0.05) is 0 Å². The molecule has 0 aliphatic carbocycles. The fourth-order valence-corrected chi connectivity index (χ4v) is 2.49. The number of hydrogen-bond acceptors (Lipinski definition) is 3. The van der Waals surface area contributed by atoms with E-state index in [4.69, 9.17) is 0 Å². The first-order chi connectivity index (χ1) is 6.83. The van der Waals surface area contributed by atoms with Crippen LogP contribution in [0.15, 0.2) is 0 Å². The predicted octanol–water partition coefficient (Wildman–Crippen LogP) is 1.67. The number of nitrogens with one attached hydrogen (secondary N) is 1. The maximum atomic E-state index is 3.42. The average molecular weight is 216 g/mol. The van der Waals surface area contributed by atoms with Crippen LogP contribution in [0.1, 0.15) is 19.3 Å². The molecule has 0 saturated carbocycles. The molecule has 0 bridgehead atoms. The summed E-state index contributed by atoms with van der Waals surface area (Å²) in [4.78, 5) is 2.51. The van der Waals surface area contributed by atoms with Gasteiger partial charge in [0, 0.05) is 6.54 Å². The molecular weight excluding hydrogens is 192 g/mol. The van der Waals surface area contributed by atoms with Crippen LogP contribution in [-0.2, 0) is 0 Å². The molecule has 1 heterocycles. The Hall–Kier alpha value is 0.270. The molecule has 0 radical (unpaired) electrons. The second-order valence-corrected chi connectivity index (χ2v) is 5.29. The van der Waals surface area contributed by atoms with Crippen molar-refractivity contribution in [1.29, 1.82) is 0 Å². The van der Waals surface area contributed by atoms with Gasteiger partial charge in [-0.05, 0) is 63.9 Å². The van der Waals surface area contributed by atoms with E-state index in [1.807, 2.05) is 11.8 Å². The summed E-state index contributed by atoms with van der Waals surface area (Å²) >= 11 is 1.95. The number of rotatable bonds is 6. The lowest BCUT2D eigenvalue weighted by Gasteiger charge is -2.27. The van der Waals surface area contributed by atoms with E-state index in [1.54, 1.807) is 0 Å². The van der Waals surface area contributed by atoms with E-state index in [2.05, 4.69) is 23.5 Å². The molecule has 0 aromatic rings. The van der Waals surface area contributed by atoms with Crippen molar-refractivity contribution >= 4 is 11.8 Å². The fraction of sp³-hybridized carbons (Fsp3) is 1.00. The molecule has 0 atom stereocenters. The van der Waals surface area contributed by atoms with Gasteiger partial charge in [-0.15, -0.1) is 0 Å². The summed E-state index contributed by atoms with van der Waals surface area (Å²) in [5.74, 6) is 2.24. The molecule has 0 aromatic carbocycles. The summed E-state index contributed by atoms with van der Waals surface area (Å²) in [5, 5.41) is 3.42. The standard InChI is InChI=1S/C11H24N2S/c1-13(8-3-9-14-2)10-11-4-6-12-7-5-11/h11-12H,3-10H2,1-2H3. The van der Waals surface area contributed by atoms with Gasteiger partial charge in [0.15, 0.2) is 0 Å². The minimum absolute atomic E-state index is 0.940. The highest BCUT2D eigenvalue weighted by molar-refractivity contribution is 7.98. The van der Waals surface area contributed by atoms with Gasteiger partial charge in [0.2, 0.25) is 0 Å². The molecule has 1 aliphatic rings. The van der Waals surface area contributed by atoms with Gasteiger partial charge in [-0.2, -0.15) is 11.8 Å². The van der Waals surface area contributed by atoms with Crippen LogP contribution in [0.3, 0.4) is 0 Å². The zero-order chi connectivity index (χ0) is 10.2. The minimum atomic E-state index is 0.940. The Morgan fingerprint density at radius 2 is 2.07 bits per heavy atom. The van der Waals surface area contributed by atoms with E-state index in [0.29, 0.717) is 0 Å². The van der Waals surface area contributed by atoms with Crippen LogP contribution in [0.4, 0.5) is 0 Å². The Labute approximate surface area is 92.8 Å². The maximum absolute atomic E-state index is 3.42. The van der Waals surface area contributed by atoms with Crippen molar-refractivity contribution < 1.29 is 0 Å². The molecule has 1 fully saturated rings. The zero-order valence-corrected chi connectivity index (χ0v) is 10.4. The van der Waals surface area contributed by atoms with E-state index in [0.717, 1.165) is 5.92 Å². The van der Waals surface area contributed by atoms with Crippen molar-refractivity contribution in [2.24, 2.45) is 5.92 Å². The maximum Gasteiger partial charge on any atom is 0.000756 e. The molecule has 1 N–H and O–H groups in total. The number of thioether (sulfide) groups is 1. The highest BCUT2D eigenvalue weighted by Gasteiger charge is 2.14. The Morgan fingerprint density at radius 3 is 2.71 bits per heavy atom. The summed E-state index contributed by atoms with van der Waals surface area (Å²) in [7, 11) is 2.27. The zero-order valence-electron chi connectivity index (χ0n) is 9.59. The largest absolute Gasteiger partial charge is 0.317 e. The van der Waals surface area contributed by atoms with Crippen LogP contribution in [0, 0.1) is 5.92 Å². The molecule has 0 unspecified atom stereocenters. The third-order valence-corrected chi connectivity index (χ3v) is 3.61. The normalized spacial score (nSPS) is 19.1. The summed E-state index contributed by atoms with van der Waals surface area (Å²) < 4.78 is 0. The van der Waals surface area contributed by atoms with Crippen molar-refractivity contribution in [3.05, 3.63) is 0 Å². The molecule has 1 rings (SSSR count). The Morgan fingerprint density at radius 1 is 1.36 bits per heavy atom. The van der Waals surface area contributed by atoms with Crippen LogP contribution < -0.4 is 5.32 Å². The summed E-state index contributed by atoms with van der Waals surface area (Å²) in [6.07, 6.45) is 6.26. The number of nitrogens with zero attached hydrogens (tertiary/aromatic N) is 1. The second kappa shape index (κ2) is 7.55. The number of hydrogen-bond donors (Lipinski definition) is 1. The Kier molecular flexibility index (Phi) is 6.65. The van der Waals surface area contributed by atoms with Crippen LogP contribution in [0.2, 0.25) is 0 Å². The van der Waals surface area contributed by atoms with Gasteiger partial charge in [0.25, 0.3) is 0 Å². The van der Waals surface area contributed by atoms with Crippen LogP contribution in [0.25, 0.3) is 0 Å². The van der Waals surface area contributed by atoms with Crippen LogP contribution in [-0.4, -0.2) is 50.1 Å². The molecule has 3 heteroatoms. The summed E-state index contributed by atoms with van der Waals surface area (Å²) in [5.41, 5.74) is 0. The highest BCUT2D eigenvalue weighted by atomic mass is 32.2. The molecule has 1 aliphatic heterocycles. The molecule has 0 aromatic heterocycles. The van der Waals surface area contributed by atoms with Crippen molar-refractivity contribution in [2.75, 3.05) is 45.2 Å². The molecule has 1 saturated heterocycles.